The first-order chi connectivity index (χ1) is 31.4. The highest BCUT2D eigenvalue weighted by molar-refractivity contribution is 6.35. The van der Waals surface area contributed by atoms with E-state index in [4.69, 9.17) is 64.9 Å². The van der Waals surface area contributed by atoms with Crippen LogP contribution in [0.1, 0.15) is 79.2 Å². The predicted molar refractivity (Wildman–Crippen MR) is 261 cm³/mol. The van der Waals surface area contributed by atoms with E-state index >= 15 is 0 Å². The van der Waals surface area contributed by atoms with Crippen molar-refractivity contribution < 1.29 is 5.11 Å². The van der Waals surface area contributed by atoms with Crippen LogP contribution in [-0.4, -0.2) is 127 Å². The van der Waals surface area contributed by atoms with E-state index in [0.717, 1.165) is 140 Å². The number of hydrogen-bond acceptors (Lipinski definition) is 11. The lowest BCUT2D eigenvalue weighted by atomic mass is 9.75. The van der Waals surface area contributed by atoms with Crippen molar-refractivity contribution >= 4 is 68.8 Å². The minimum absolute atomic E-state index is 0.0216. The second-order valence-electron chi connectivity index (χ2n) is 19.6. The molecule has 4 saturated heterocycles. The number of aliphatic hydroxyl groups is 1. The maximum atomic E-state index is 9.38. The smallest absolute Gasteiger partial charge is 0.179 e. The Kier molecular flexibility index (Phi) is 12.7. The van der Waals surface area contributed by atoms with Crippen molar-refractivity contribution in [2.45, 2.75) is 71.9 Å². The first-order valence-corrected chi connectivity index (χ1v) is 24.7. The molecule has 1 unspecified atom stereocenters. The fourth-order valence-corrected chi connectivity index (χ4v) is 12.3. The lowest BCUT2D eigenvalue weighted by molar-refractivity contribution is 0.0896. The summed E-state index contributed by atoms with van der Waals surface area (Å²) in [6, 6.07) is 11.7. The van der Waals surface area contributed by atoms with Gasteiger partial charge in [-0.05, 0) is 144 Å². The lowest BCUT2D eigenvalue weighted by Crippen LogP contribution is -2.54. The Labute approximate surface area is 397 Å². The summed E-state index contributed by atoms with van der Waals surface area (Å²) >= 11 is 19.9. The highest BCUT2D eigenvalue weighted by Crippen LogP contribution is 2.42. The molecule has 0 saturated carbocycles. The highest BCUT2D eigenvalue weighted by Gasteiger charge is 2.41. The average Bonchev–Trinajstić information content (AvgIpc) is 3.76. The first kappa shape index (κ1) is 44.7. The molecule has 10 rings (SSSR count). The van der Waals surface area contributed by atoms with Crippen LogP contribution in [0.5, 0.6) is 0 Å². The number of nitrogens with zero attached hydrogens (tertiary/aromatic N) is 12. The highest BCUT2D eigenvalue weighted by atomic mass is 35.5. The van der Waals surface area contributed by atoms with Gasteiger partial charge in [-0.1, -0.05) is 46.9 Å². The number of piperidine rings is 2. The molecule has 0 aliphatic carbocycles. The van der Waals surface area contributed by atoms with Crippen LogP contribution in [0.3, 0.4) is 0 Å². The number of aryl methyl sites for hydroxylation is 3. The van der Waals surface area contributed by atoms with E-state index in [0.29, 0.717) is 39.6 Å². The van der Waals surface area contributed by atoms with Crippen LogP contribution in [0.25, 0.3) is 22.3 Å². The molecule has 0 bridgehead atoms. The monoisotopic (exact) mass is 938 g/mol. The van der Waals surface area contributed by atoms with Gasteiger partial charge in [0.1, 0.15) is 22.7 Å². The molecule has 13 nitrogen and oxygen atoms in total. The molecule has 344 valence electrons. The maximum Gasteiger partial charge on any atom is 0.179 e. The first-order valence-electron chi connectivity index (χ1n) is 23.6. The second kappa shape index (κ2) is 18.5. The van der Waals surface area contributed by atoms with Crippen LogP contribution in [0.4, 0.5) is 11.6 Å². The number of benzene rings is 2. The van der Waals surface area contributed by atoms with E-state index in [9.17, 15) is 5.11 Å². The molecule has 4 aromatic heterocycles. The van der Waals surface area contributed by atoms with E-state index in [-0.39, 0.29) is 18.7 Å². The van der Waals surface area contributed by atoms with Gasteiger partial charge in [0.2, 0.25) is 0 Å². The van der Waals surface area contributed by atoms with Crippen molar-refractivity contribution in [3.63, 3.8) is 0 Å². The third-order valence-electron chi connectivity index (χ3n) is 15.1. The van der Waals surface area contributed by atoms with Crippen molar-refractivity contribution in [2.24, 2.45) is 29.6 Å². The van der Waals surface area contributed by atoms with Crippen molar-refractivity contribution in [2.75, 3.05) is 82.4 Å². The summed E-state index contributed by atoms with van der Waals surface area (Å²) in [4.78, 5) is 30.2. The zero-order valence-corrected chi connectivity index (χ0v) is 40.5. The van der Waals surface area contributed by atoms with Gasteiger partial charge in [0, 0.05) is 74.0 Å². The van der Waals surface area contributed by atoms with Crippen LogP contribution in [0, 0.1) is 50.4 Å². The normalized spacial score (nSPS) is 22.4. The van der Waals surface area contributed by atoms with E-state index in [1.807, 2.05) is 55.2 Å². The Morgan fingerprint density at radius 3 is 1.98 bits per heavy atom. The summed E-state index contributed by atoms with van der Waals surface area (Å²) in [6.45, 7) is 17.7. The van der Waals surface area contributed by atoms with Crippen molar-refractivity contribution in [1.82, 2.24) is 49.3 Å². The van der Waals surface area contributed by atoms with Crippen molar-refractivity contribution in [3.05, 3.63) is 91.9 Å². The summed E-state index contributed by atoms with van der Waals surface area (Å²) in [5, 5.41) is 21.5. The Morgan fingerprint density at radius 2 is 1.34 bits per heavy atom. The molecule has 6 aromatic rings. The molecule has 5 atom stereocenters. The summed E-state index contributed by atoms with van der Waals surface area (Å²) in [6.07, 6.45) is 9.17. The molecule has 65 heavy (non-hydrogen) atoms. The Balaban J connectivity index is 0.857. The molecule has 2 aromatic carbocycles. The van der Waals surface area contributed by atoms with Gasteiger partial charge in [-0.3, -0.25) is 0 Å². The second-order valence-corrected chi connectivity index (χ2v) is 20.9. The zero-order chi connectivity index (χ0) is 45.1. The minimum Gasteiger partial charge on any atom is -0.396 e. The van der Waals surface area contributed by atoms with Gasteiger partial charge in [-0.25, -0.2) is 29.3 Å². The third kappa shape index (κ3) is 8.93. The quantitative estimate of drug-likeness (QED) is 0.120. The van der Waals surface area contributed by atoms with Crippen LogP contribution >= 0.6 is 34.8 Å². The van der Waals surface area contributed by atoms with E-state index < -0.39 is 0 Å². The number of hydrogen-bond donors (Lipinski definition) is 1. The van der Waals surface area contributed by atoms with E-state index in [1.54, 1.807) is 0 Å². The largest absolute Gasteiger partial charge is 0.396 e. The summed E-state index contributed by atoms with van der Waals surface area (Å²) in [5.74, 6) is 4.59. The van der Waals surface area contributed by atoms with Gasteiger partial charge in [0.15, 0.2) is 11.3 Å². The van der Waals surface area contributed by atoms with Gasteiger partial charge in [0.05, 0.1) is 35.9 Å². The molecule has 0 spiro atoms. The molecule has 4 aliphatic rings. The fourth-order valence-electron chi connectivity index (χ4n) is 11.5. The third-order valence-corrected chi connectivity index (χ3v) is 15.9. The van der Waals surface area contributed by atoms with Gasteiger partial charge in [0.25, 0.3) is 0 Å². The number of anilines is 2. The number of aromatic nitrogens is 8. The average molecular weight is 940 g/mol. The maximum absolute atomic E-state index is 9.38. The minimum atomic E-state index is -0.152. The van der Waals surface area contributed by atoms with Crippen LogP contribution < -0.4 is 9.80 Å². The van der Waals surface area contributed by atoms with E-state index in [2.05, 4.69) is 57.3 Å². The molecule has 1 N–H and O–H groups in total. The molecule has 16 heteroatoms. The zero-order valence-electron chi connectivity index (χ0n) is 38.2. The number of rotatable bonds is 13. The van der Waals surface area contributed by atoms with Gasteiger partial charge < -0.3 is 24.7 Å². The molecular weight excluding hydrogens is 879 g/mol. The van der Waals surface area contributed by atoms with Gasteiger partial charge in [-0.15, -0.1) is 0 Å². The Hall–Kier alpha value is -4.11. The SMILES string of the molecule is Cc1cc(Cl)ccc1[C@@H](C)n1nc(C)c2ncc(N3CC([C@@H]4CC(C[C@H](c5ccc(Cl)cc5Cl)n5nc(C)c6ncc(N7CC([C@H]8CCCN(CCCO)C8)C7)nc65)CN(C)C4)C3)nc21. The van der Waals surface area contributed by atoms with Crippen LogP contribution in [-0.2, 0) is 0 Å². The Morgan fingerprint density at radius 1 is 0.723 bits per heavy atom. The fraction of sp³-hybridized carbons (Fsp3) is 0.551. The number of halogens is 3. The molecule has 4 aliphatic heterocycles. The van der Waals surface area contributed by atoms with Gasteiger partial charge >= 0.3 is 0 Å². The molecule has 8 heterocycles. The van der Waals surface area contributed by atoms with Crippen molar-refractivity contribution in [1.29, 1.82) is 0 Å². The summed E-state index contributed by atoms with van der Waals surface area (Å²) < 4.78 is 4.13. The van der Waals surface area contributed by atoms with Crippen LogP contribution in [0.2, 0.25) is 15.1 Å². The standard InChI is InChI=1S/C49H61Cl3N12O/c1-29-16-38(50)9-11-40(29)32(4)63-48-46(30(2)57-63)53-20-44(55-48)62-27-37(28-62)35-17-33(22-59(5)23-35)18-43(41-12-10-39(51)19-42(41)52)64-49-47(31(3)58-64)54-21-45(56-49)61-25-36(26-61)34-8-6-13-60(24-34)14-7-15-65/h9-12,16,19-21,32-37,43,65H,6-8,13-15,17-18,22-28H2,1-5H3/t32-,33?,34+,35-,43-/m1/s1. The molecule has 0 radical (unpaired) electrons. The Bertz CT molecular complexity index is 2680. The van der Waals surface area contributed by atoms with Gasteiger partial charge in [-0.2, -0.15) is 10.2 Å². The topological polar surface area (TPSA) is 120 Å². The van der Waals surface area contributed by atoms with E-state index in [1.165, 1.54) is 18.4 Å². The predicted octanol–water partition coefficient (Wildman–Crippen LogP) is 8.68. The molecular formula is C49H61Cl3N12O. The molecule has 0 amide bonds. The van der Waals surface area contributed by atoms with Crippen LogP contribution in [0.15, 0.2) is 48.8 Å². The molecule has 4 fully saturated rings. The number of likely N-dealkylation sites (tertiary alicyclic amines) is 2. The lowest BCUT2D eigenvalue weighted by Gasteiger charge is -2.48. The summed E-state index contributed by atoms with van der Waals surface area (Å²) in [5.41, 5.74) is 8.31. The number of fused-ring (bicyclic) bond motifs is 2. The summed E-state index contributed by atoms with van der Waals surface area (Å²) in [7, 11) is 2.26. The van der Waals surface area contributed by atoms with Crippen molar-refractivity contribution in [3.8, 4) is 0 Å². The number of aliphatic hydroxyl groups excluding tert-OH is 1.